The summed E-state index contributed by atoms with van der Waals surface area (Å²) >= 11 is 0. The first kappa shape index (κ1) is 28.0. The van der Waals surface area contributed by atoms with E-state index < -0.39 is 5.60 Å². The molecular weight excluding hydrogens is 520 g/mol. The number of carbonyl (C=O) groups excluding carboxylic acids is 2. The lowest BCUT2D eigenvalue weighted by molar-refractivity contribution is -0.195. The minimum Gasteiger partial charge on any atom is -0.393 e. The molecule has 0 heterocycles. The van der Waals surface area contributed by atoms with Crippen molar-refractivity contribution in [2.45, 2.75) is 123 Å². The average Bonchev–Trinajstić information content (AvgIpc) is 3.41. The third kappa shape index (κ3) is 3.27. The molecule has 0 spiro atoms. The zero-order chi connectivity index (χ0) is 29.4. The van der Waals surface area contributed by atoms with Crippen molar-refractivity contribution in [2.75, 3.05) is 0 Å². The molecule has 6 saturated carbocycles. The van der Waals surface area contributed by atoms with Crippen molar-refractivity contribution in [2.24, 2.45) is 63.1 Å². The molecule has 0 aliphatic heterocycles. The number of aliphatic hydroxyl groups is 2. The first-order valence-electron chi connectivity index (χ1n) is 17.4. The Bertz CT molecular complexity index is 1320. The van der Waals surface area contributed by atoms with E-state index >= 15 is 0 Å². The summed E-state index contributed by atoms with van der Waals surface area (Å²) in [6.07, 6.45) is 20.6. The van der Waals surface area contributed by atoms with Crippen LogP contribution in [0, 0.1) is 63.1 Å². The van der Waals surface area contributed by atoms with Gasteiger partial charge in [-0.2, -0.15) is 0 Å². The standard InChI is InChI=1S/C38H52O4/c1-34-15-11-24(39)19-22(34)5-7-26-29(34)13-17-36(3)30(26)14-18-38(36,42)32-21-25(40)20-23-6-8-27-28-9-10-33(41)35(28,2)16-12-31(27)37(23,32)4/h11,15,19-20,26-33,41-42H,5-10,12-14,16-18,21H2,1-4H3/t26-,27+,28+,29-,30+,31-,32?,33?,34+,35+,36+,37+,38?/m1/s1. The molecule has 0 aromatic rings. The van der Waals surface area contributed by atoms with E-state index in [4.69, 9.17) is 0 Å². The van der Waals surface area contributed by atoms with Crippen LogP contribution in [0.4, 0.5) is 0 Å². The average molecular weight is 573 g/mol. The summed E-state index contributed by atoms with van der Waals surface area (Å²) in [5.74, 6) is 3.47. The zero-order valence-electron chi connectivity index (χ0n) is 26.3. The Balaban J connectivity index is 1.16. The quantitative estimate of drug-likeness (QED) is 0.350. The third-order valence-corrected chi connectivity index (χ3v) is 16.4. The molecule has 4 nitrogen and oxygen atoms in total. The molecule has 0 aromatic heterocycles. The van der Waals surface area contributed by atoms with Crippen LogP contribution in [0.25, 0.3) is 0 Å². The summed E-state index contributed by atoms with van der Waals surface area (Å²) in [7, 11) is 0. The van der Waals surface area contributed by atoms with E-state index in [0.29, 0.717) is 41.9 Å². The van der Waals surface area contributed by atoms with Crippen LogP contribution in [0.5, 0.6) is 0 Å². The van der Waals surface area contributed by atoms with Crippen molar-refractivity contribution in [3.8, 4) is 0 Å². The van der Waals surface area contributed by atoms with E-state index in [9.17, 15) is 19.8 Å². The summed E-state index contributed by atoms with van der Waals surface area (Å²) in [5, 5.41) is 24.3. The summed E-state index contributed by atoms with van der Waals surface area (Å²) < 4.78 is 0. The Kier molecular flexibility index (Phi) is 5.87. The summed E-state index contributed by atoms with van der Waals surface area (Å²) in [6, 6.07) is 0. The van der Waals surface area contributed by atoms with E-state index in [0.717, 1.165) is 77.0 Å². The highest BCUT2D eigenvalue weighted by Gasteiger charge is 2.71. The predicted molar refractivity (Wildman–Crippen MR) is 163 cm³/mol. The van der Waals surface area contributed by atoms with Crippen molar-refractivity contribution >= 4 is 11.6 Å². The highest BCUT2D eigenvalue weighted by Crippen LogP contribution is 2.73. The summed E-state index contributed by atoms with van der Waals surface area (Å²) in [6.45, 7) is 9.58. The van der Waals surface area contributed by atoms with Crippen LogP contribution in [0.1, 0.15) is 111 Å². The molecule has 0 saturated heterocycles. The van der Waals surface area contributed by atoms with E-state index in [1.807, 2.05) is 12.2 Å². The van der Waals surface area contributed by atoms with E-state index in [-0.39, 0.29) is 45.2 Å². The number of rotatable bonds is 1. The summed E-state index contributed by atoms with van der Waals surface area (Å²) in [5.41, 5.74) is 1.44. The van der Waals surface area contributed by atoms with Gasteiger partial charge >= 0.3 is 0 Å². The SMILES string of the molecule is C[C@]12C=CC(=O)C=C1CC[C@@H]1[C@H]2CC[C@@]2(C)[C@H]1CCC2(O)C1CC(=O)C=C2CC[C@@H]3[C@@H](CC[C@]4(C)C(O)CC[C@@H]34)[C@]21C. The van der Waals surface area contributed by atoms with Crippen molar-refractivity contribution in [3.05, 3.63) is 35.5 Å². The van der Waals surface area contributed by atoms with Crippen LogP contribution in [0.15, 0.2) is 35.5 Å². The molecule has 8 aliphatic rings. The Hall–Kier alpha value is -1.52. The Morgan fingerprint density at radius 3 is 2.21 bits per heavy atom. The molecule has 0 amide bonds. The van der Waals surface area contributed by atoms with Gasteiger partial charge in [0.1, 0.15) is 0 Å². The molecule has 8 aliphatic carbocycles. The number of carbonyl (C=O) groups is 2. The molecule has 13 atom stereocenters. The molecule has 2 N–H and O–H groups in total. The van der Waals surface area contributed by atoms with Gasteiger partial charge < -0.3 is 10.2 Å². The van der Waals surface area contributed by atoms with Gasteiger partial charge in [-0.3, -0.25) is 9.59 Å². The number of hydrogen-bond donors (Lipinski definition) is 2. The monoisotopic (exact) mass is 572 g/mol. The number of aliphatic hydroxyl groups excluding tert-OH is 1. The van der Waals surface area contributed by atoms with Crippen LogP contribution in [-0.4, -0.2) is 33.5 Å². The smallest absolute Gasteiger partial charge is 0.178 e. The molecule has 6 fully saturated rings. The van der Waals surface area contributed by atoms with Crippen molar-refractivity contribution in [3.63, 3.8) is 0 Å². The van der Waals surface area contributed by atoms with Crippen LogP contribution in [0.2, 0.25) is 0 Å². The Labute approximate surface area is 252 Å². The molecule has 228 valence electrons. The van der Waals surface area contributed by atoms with Crippen LogP contribution in [-0.2, 0) is 9.59 Å². The van der Waals surface area contributed by atoms with Gasteiger partial charge in [-0.15, -0.1) is 0 Å². The van der Waals surface area contributed by atoms with Crippen molar-refractivity contribution in [1.29, 1.82) is 0 Å². The van der Waals surface area contributed by atoms with E-state index in [2.05, 4.69) is 33.8 Å². The normalized spacial score (nSPS) is 56.3. The molecule has 4 heteroatoms. The maximum atomic E-state index is 13.5. The molecule has 42 heavy (non-hydrogen) atoms. The lowest BCUT2D eigenvalue weighted by Crippen LogP contribution is -2.63. The maximum Gasteiger partial charge on any atom is 0.178 e. The fraction of sp³-hybridized carbons (Fsp3) is 0.789. The fourth-order valence-corrected chi connectivity index (χ4v) is 14.1. The minimum atomic E-state index is -0.847. The third-order valence-electron chi connectivity index (χ3n) is 16.4. The molecule has 0 bridgehead atoms. The second-order valence-corrected chi connectivity index (χ2v) is 17.3. The van der Waals surface area contributed by atoms with Gasteiger partial charge in [-0.25, -0.2) is 0 Å². The van der Waals surface area contributed by atoms with Gasteiger partial charge in [0.25, 0.3) is 0 Å². The van der Waals surface area contributed by atoms with Crippen LogP contribution >= 0.6 is 0 Å². The highest BCUT2D eigenvalue weighted by molar-refractivity contribution is 6.01. The molecule has 3 unspecified atom stereocenters. The molecule has 0 radical (unpaired) electrons. The van der Waals surface area contributed by atoms with Crippen molar-refractivity contribution < 1.29 is 19.8 Å². The molecule has 0 aromatic carbocycles. The largest absolute Gasteiger partial charge is 0.393 e. The van der Waals surface area contributed by atoms with Gasteiger partial charge in [0.05, 0.1) is 11.7 Å². The highest BCUT2D eigenvalue weighted by atomic mass is 16.3. The Morgan fingerprint density at radius 2 is 1.43 bits per heavy atom. The summed E-state index contributed by atoms with van der Waals surface area (Å²) in [4.78, 5) is 25.7. The van der Waals surface area contributed by atoms with E-state index in [1.165, 1.54) is 11.1 Å². The number of fused-ring (bicyclic) bond motifs is 10. The van der Waals surface area contributed by atoms with Gasteiger partial charge in [0.15, 0.2) is 11.6 Å². The van der Waals surface area contributed by atoms with E-state index in [1.54, 1.807) is 6.08 Å². The second-order valence-electron chi connectivity index (χ2n) is 17.3. The van der Waals surface area contributed by atoms with Crippen LogP contribution < -0.4 is 0 Å². The number of hydrogen-bond acceptors (Lipinski definition) is 4. The second kappa shape index (κ2) is 8.81. The fourth-order valence-electron chi connectivity index (χ4n) is 14.1. The molecule has 8 rings (SSSR count). The Morgan fingerprint density at radius 1 is 0.738 bits per heavy atom. The minimum absolute atomic E-state index is 0.0288. The zero-order valence-corrected chi connectivity index (χ0v) is 26.3. The molecular formula is C38H52O4. The van der Waals surface area contributed by atoms with Crippen molar-refractivity contribution in [1.82, 2.24) is 0 Å². The topological polar surface area (TPSA) is 74.6 Å². The lowest BCUT2D eigenvalue weighted by atomic mass is 9.40. The maximum absolute atomic E-state index is 13.5. The van der Waals surface area contributed by atoms with Crippen LogP contribution in [0.3, 0.4) is 0 Å². The number of allylic oxidation sites excluding steroid dienone is 5. The predicted octanol–water partition coefficient (Wildman–Crippen LogP) is 7.14. The van der Waals surface area contributed by atoms with Gasteiger partial charge in [-0.1, -0.05) is 44.9 Å². The lowest BCUT2D eigenvalue weighted by Gasteiger charge is -2.65. The van der Waals surface area contributed by atoms with Gasteiger partial charge in [0.2, 0.25) is 0 Å². The van der Waals surface area contributed by atoms with Gasteiger partial charge in [-0.05, 0) is 147 Å². The number of ketones is 2. The van der Waals surface area contributed by atoms with Gasteiger partial charge in [0, 0.05) is 17.8 Å². The first-order valence-corrected chi connectivity index (χ1v) is 17.4. The first-order chi connectivity index (χ1) is 19.9.